The zero-order valence-electron chi connectivity index (χ0n) is 12.1. The molecule has 1 aromatic carbocycles. The maximum Gasteiger partial charge on any atom is 0.258 e. The molecular formula is C15H17N3O2. The fourth-order valence-corrected chi connectivity index (χ4v) is 1.98. The lowest BCUT2D eigenvalue weighted by Crippen LogP contribution is -2.23. The molecule has 0 N–H and O–H groups in total. The van der Waals surface area contributed by atoms with E-state index in [2.05, 4.69) is 16.2 Å². The fourth-order valence-electron chi connectivity index (χ4n) is 1.98. The average molecular weight is 271 g/mol. The first-order chi connectivity index (χ1) is 9.47. The molecule has 0 spiro atoms. The highest BCUT2D eigenvalue weighted by Gasteiger charge is 2.27. The number of benzene rings is 1. The first kappa shape index (κ1) is 14.2. The minimum atomic E-state index is -0.586. The Bertz CT molecular complexity index is 653. The van der Waals surface area contributed by atoms with Crippen molar-refractivity contribution in [2.45, 2.75) is 33.3 Å². The first-order valence-corrected chi connectivity index (χ1v) is 6.47. The molecule has 0 saturated carbocycles. The number of nitrogens with zero attached hydrogens (tertiary/aromatic N) is 3. The highest BCUT2D eigenvalue weighted by atomic mass is 16.5. The van der Waals surface area contributed by atoms with Crippen molar-refractivity contribution in [2.24, 2.45) is 0 Å². The van der Waals surface area contributed by atoms with Crippen LogP contribution in [0.25, 0.3) is 11.5 Å². The van der Waals surface area contributed by atoms with Crippen molar-refractivity contribution < 1.29 is 9.26 Å². The predicted octanol–water partition coefficient (Wildman–Crippen LogP) is 3.19. The van der Waals surface area contributed by atoms with E-state index >= 15 is 0 Å². The molecule has 1 aromatic heterocycles. The molecule has 0 aliphatic rings. The molecule has 5 nitrogen and oxygen atoms in total. The highest BCUT2D eigenvalue weighted by Crippen LogP contribution is 2.27. The van der Waals surface area contributed by atoms with Crippen LogP contribution >= 0.6 is 0 Å². The van der Waals surface area contributed by atoms with E-state index in [-0.39, 0.29) is 0 Å². The number of nitriles is 1. The van der Waals surface area contributed by atoms with Crippen LogP contribution in [0.1, 0.15) is 37.7 Å². The normalized spacial score (nSPS) is 11.3. The summed E-state index contributed by atoms with van der Waals surface area (Å²) < 4.78 is 10.9. The van der Waals surface area contributed by atoms with Crippen LogP contribution in [-0.2, 0) is 10.3 Å². The van der Waals surface area contributed by atoms with Crippen LogP contribution in [0.5, 0.6) is 0 Å². The third-order valence-corrected chi connectivity index (χ3v) is 3.06. The van der Waals surface area contributed by atoms with Gasteiger partial charge in [-0.1, -0.05) is 5.16 Å². The van der Waals surface area contributed by atoms with Crippen LogP contribution in [-0.4, -0.2) is 16.7 Å². The zero-order valence-corrected chi connectivity index (χ0v) is 12.1. The van der Waals surface area contributed by atoms with Gasteiger partial charge >= 0.3 is 0 Å². The van der Waals surface area contributed by atoms with Gasteiger partial charge in [0.2, 0.25) is 5.82 Å². The molecule has 20 heavy (non-hydrogen) atoms. The summed E-state index contributed by atoms with van der Waals surface area (Å²) in [6.07, 6.45) is 0. The van der Waals surface area contributed by atoms with Gasteiger partial charge < -0.3 is 9.26 Å². The Labute approximate surface area is 118 Å². The van der Waals surface area contributed by atoms with Crippen LogP contribution in [0.15, 0.2) is 22.7 Å². The Hall–Kier alpha value is -2.19. The molecule has 5 heteroatoms. The molecule has 0 bridgehead atoms. The van der Waals surface area contributed by atoms with Gasteiger partial charge in [0.25, 0.3) is 5.89 Å². The van der Waals surface area contributed by atoms with Crippen molar-refractivity contribution in [3.63, 3.8) is 0 Å². The van der Waals surface area contributed by atoms with Gasteiger partial charge in [-0.15, -0.1) is 0 Å². The van der Waals surface area contributed by atoms with E-state index in [9.17, 15) is 0 Å². The molecule has 0 unspecified atom stereocenters. The summed E-state index contributed by atoms with van der Waals surface area (Å²) in [4.78, 5) is 4.40. The Kier molecular flexibility index (Phi) is 3.86. The lowest BCUT2D eigenvalue weighted by atomic mass is 10.1. The summed E-state index contributed by atoms with van der Waals surface area (Å²) in [6, 6.07) is 7.46. The second-order valence-electron chi connectivity index (χ2n) is 5.01. The lowest BCUT2D eigenvalue weighted by molar-refractivity contribution is -0.0221. The molecule has 0 amide bonds. The second kappa shape index (κ2) is 5.43. The predicted molar refractivity (Wildman–Crippen MR) is 73.8 cm³/mol. The van der Waals surface area contributed by atoms with Gasteiger partial charge in [0.05, 0.1) is 11.6 Å². The van der Waals surface area contributed by atoms with Gasteiger partial charge in [-0.3, -0.25) is 0 Å². The number of rotatable bonds is 4. The summed E-state index contributed by atoms with van der Waals surface area (Å²) in [5.74, 6) is 0.952. The van der Waals surface area contributed by atoms with Crippen LogP contribution in [0.2, 0.25) is 0 Å². The van der Waals surface area contributed by atoms with Gasteiger partial charge in [-0.05, 0) is 51.5 Å². The molecule has 0 atom stereocenters. The van der Waals surface area contributed by atoms with Gasteiger partial charge in [0, 0.05) is 12.2 Å². The summed E-state index contributed by atoms with van der Waals surface area (Å²) >= 11 is 0. The summed E-state index contributed by atoms with van der Waals surface area (Å²) in [6.45, 7) is 8.21. The Morgan fingerprint density at radius 3 is 2.75 bits per heavy atom. The Balaban J connectivity index is 2.37. The van der Waals surface area contributed by atoms with Gasteiger partial charge in [-0.25, -0.2) is 0 Å². The van der Waals surface area contributed by atoms with E-state index in [1.165, 1.54) is 0 Å². The summed E-state index contributed by atoms with van der Waals surface area (Å²) in [5.41, 5.74) is 1.78. The van der Waals surface area contributed by atoms with Crippen LogP contribution in [0.4, 0.5) is 0 Å². The molecule has 0 fully saturated rings. The van der Waals surface area contributed by atoms with Gasteiger partial charge in [-0.2, -0.15) is 10.2 Å². The number of hydrogen-bond acceptors (Lipinski definition) is 5. The summed E-state index contributed by atoms with van der Waals surface area (Å²) in [5, 5.41) is 12.9. The van der Waals surface area contributed by atoms with E-state index in [4.69, 9.17) is 14.5 Å². The molecule has 2 aromatic rings. The molecule has 0 aliphatic heterocycles. The maximum atomic E-state index is 8.88. The van der Waals surface area contributed by atoms with E-state index in [1.807, 2.05) is 33.8 Å². The minimum absolute atomic E-state index is 0.440. The lowest BCUT2D eigenvalue weighted by Gasteiger charge is -2.19. The van der Waals surface area contributed by atoms with Gasteiger partial charge in [0.15, 0.2) is 0 Å². The van der Waals surface area contributed by atoms with E-state index < -0.39 is 5.60 Å². The van der Waals surface area contributed by atoms with Crippen molar-refractivity contribution in [1.29, 1.82) is 5.26 Å². The van der Waals surface area contributed by atoms with Crippen molar-refractivity contribution in [3.05, 3.63) is 35.2 Å². The van der Waals surface area contributed by atoms with Crippen molar-refractivity contribution in [2.75, 3.05) is 6.61 Å². The molecular weight excluding hydrogens is 254 g/mol. The fraction of sp³-hybridized carbons (Fsp3) is 0.400. The van der Waals surface area contributed by atoms with Crippen molar-refractivity contribution >= 4 is 0 Å². The highest BCUT2D eigenvalue weighted by molar-refractivity contribution is 5.60. The summed E-state index contributed by atoms with van der Waals surface area (Å²) in [7, 11) is 0. The molecule has 104 valence electrons. The number of hydrogen-bond donors (Lipinski definition) is 0. The topological polar surface area (TPSA) is 71.9 Å². The first-order valence-electron chi connectivity index (χ1n) is 6.47. The monoisotopic (exact) mass is 271 g/mol. The molecule has 0 radical (unpaired) electrons. The number of ether oxygens (including phenoxy) is 1. The molecule has 0 aliphatic carbocycles. The maximum absolute atomic E-state index is 8.88. The van der Waals surface area contributed by atoms with E-state index in [0.717, 1.165) is 11.1 Å². The minimum Gasteiger partial charge on any atom is -0.368 e. The third kappa shape index (κ3) is 2.70. The van der Waals surface area contributed by atoms with Crippen LogP contribution in [0, 0.1) is 18.3 Å². The smallest absolute Gasteiger partial charge is 0.258 e. The van der Waals surface area contributed by atoms with Crippen LogP contribution < -0.4 is 0 Å². The number of aryl methyl sites for hydroxylation is 1. The molecule has 1 heterocycles. The third-order valence-electron chi connectivity index (χ3n) is 3.06. The quantitative estimate of drug-likeness (QED) is 0.853. The zero-order chi connectivity index (χ0) is 14.8. The Morgan fingerprint density at radius 2 is 2.15 bits per heavy atom. The van der Waals surface area contributed by atoms with E-state index in [1.54, 1.807) is 12.1 Å². The van der Waals surface area contributed by atoms with Gasteiger partial charge in [0.1, 0.15) is 5.60 Å². The standard InChI is InChI=1S/C15H17N3O2/c1-5-19-15(3,4)14-17-13(20-18-14)12-7-6-11(9-16)8-10(12)2/h6-8H,5H2,1-4H3. The van der Waals surface area contributed by atoms with E-state index in [0.29, 0.717) is 23.9 Å². The van der Waals surface area contributed by atoms with Crippen molar-refractivity contribution in [1.82, 2.24) is 10.1 Å². The SMILES string of the molecule is CCOC(C)(C)c1noc(-c2ccc(C#N)cc2C)n1. The number of aromatic nitrogens is 2. The molecule has 2 rings (SSSR count). The van der Waals surface area contributed by atoms with Crippen LogP contribution in [0.3, 0.4) is 0 Å². The Morgan fingerprint density at radius 1 is 1.40 bits per heavy atom. The largest absolute Gasteiger partial charge is 0.368 e. The molecule has 0 saturated heterocycles. The second-order valence-corrected chi connectivity index (χ2v) is 5.01. The van der Waals surface area contributed by atoms with Crippen molar-refractivity contribution in [3.8, 4) is 17.5 Å². The average Bonchev–Trinajstić information content (AvgIpc) is 2.88.